The number of benzene rings is 1. The van der Waals surface area contributed by atoms with E-state index in [9.17, 15) is 18.0 Å². The van der Waals surface area contributed by atoms with Crippen molar-refractivity contribution in [2.45, 2.75) is 37.3 Å². The zero-order valence-corrected chi connectivity index (χ0v) is 21.1. The van der Waals surface area contributed by atoms with Crippen LogP contribution in [0.1, 0.15) is 24.8 Å². The summed E-state index contributed by atoms with van der Waals surface area (Å²) in [6, 6.07) is 4.51. The lowest BCUT2D eigenvalue weighted by molar-refractivity contribution is -0.138. The molecule has 2 fully saturated rings. The third-order valence-corrected chi connectivity index (χ3v) is 7.73. The first kappa shape index (κ1) is 26.3. The van der Waals surface area contributed by atoms with Crippen LogP contribution in [0, 0.1) is 11.6 Å². The molecule has 2 atom stereocenters. The number of rotatable bonds is 8. The number of piperazine rings is 1. The highest BCUT2D eigenvalue weighted by molar-refractivity contribution is 7.96. The Morgan fingerprint density at radius 2 is 1.84 bits per heavy atom. The summed E-state index contributed by atoms with van der Waals surface area (Å²) in [5.74, 6) is -0.816. The summed E-state index contributed by atoms with van der Waals surface area (Å²) in [6.07, 6.45) is 4.04. The van der Waals surface area contributed by atoms with E-state index in [1.807, 2.05) is 4.90 Å². The maximum absolute atomic E-state index is 13.8. The van der Waals surface area contributed by atoms with Crippen LogP contribution in [0.15, 0.2) is 47.7 Å². The Bertz CT molecular complexity index is 1320. The molecule has 0 bridgehead atoms. The van der Waals surface area contributed by atoms with E-state index < -0.39 is 29.5 Å². The second kappa shape index (κ2) is 11.6. The molecule has 13 heteroatoms. The fourth-order valence-electron chi connectivity index (χ4n) is 4.60. The van der Waals surface area contributed by atoms with Gasteiger partial charge in [-0.3, -0.25) is 9.78 Å². The Labute approximate surface area is 220 Å². The number of halogens is 3. The first-order chi connectivity index (χ1) is 18.4. The fourth-order valence-corrected chi connectivity index (χ4v) is 5.58. The minimum absolute atomic E-state index is 0.00797. The van der Waals surface area contributed by atoms with Gasteiger partial charge < -0.3 is 14.5 Å². The minimum atomic E-state index is -0.998. The van der Waals surface area contributed by atoms with Crippen LogP contribution < -0.4 is 20.1 Å². The monoisotopic (exact) mass is 549 g/mol. The molecule has 3 aromatic rings. The molecule has 3 heterocycles. The predicted molar refractivity (Wildman–Crippen MR) is 135 cm³/mol. The Morgan fingerprint density at radius 3 is 2.53 bits per heavy atom. The molecule has 1 saturated heterocycles. The van der Waals surface area contributed by atoms with Crippen LogP contribution in [0.5, 0.6) is 11.5 Å². The van der Waals surface area contributed by atoms with Gasteiger partial charge in [0.15, 0.2) is 5.75 Å². The SMILES string of the molecule is O=c1c(OC2CCC(F)C2)c(N2CCN(SCc3ccncc3OO)CC2)cnn1-c1cc(F)cc(F)c1. The second-order valence-electron chi connectivity index (χ2n) is 9.12. The number of hydrogen-bond acceptors (Lipinski definition) is 9. The van der Waals surface area contributed by atoms with Gasteiger partial charge >= 0.3 is 5.56 Å². The van der Waals surface area contributed by atoms with Crippen molar-refractivity contribution < 1.29 is 28.1 Å². The lowest BCUT2D eigenvalue weighted by atomic mass is 10.2. The quantitative estimate of drug-likeness (QED) is 0.254. The van der Waals surface area contributed by atoms with Crippen LogP contribution in [-0.4, -0.2) is 62.8 Å². The molecular formula is C25H26F3N5O4S. The van der Waals surface area contributed by atoms with Crippen LogP contribution in [0.4, 0.5) is 18.9 Å². The largest absolute Gasteiger partial charge is 0.483 e. The van der Waals surface area contributed by atoms with Crippen molar-refractivity contribution in [1.29, 1.82) is 0 Å². The molecule has 1 aromatic carbocycles. The zero-order chi connectivity index (χ0) is 26.6. The van der Waals surface area contributed by atoms with Crippen LogP contribution in [0.25, 0.3) is 5.69 Å². The van der Waals surface area contributed by atoms with E-state index in [4.69, 9.17) is 9.99 Å². The summed E-state index contributed by atoms with van der Waals surface area (Å²) in [5.41, 5.74) is 0.526. The highest BCUT2D eigenvalue weighted by Gasteiger charge is 2.30. The summed E-state index contributed by atoms with van der Waals surface area (Å²) in [5, 5.41) is 13.2. The molecule has 1 aliphatic heterocycles. The van der Waals surface area contributed by atoms with Gasteiger partial charge in [-0.15, -0.1) is 0 Å². The van der Waals surface area contributed by atoms with Crippen molar-refractivity contribution in [2.24, 2.45) is 0 Å². The first-order valence-electron chi connectivity index (χ1n) is 12.2. The molecule has 2 unspecified atom stereocenters. The van der Waals surface area contributed by atoms with E-state index in [1.165, 1.54) is 12.4 Å². The molecule has 1 aliphatic carbocycles. The highest BCUT2D eigenvalue weighted by Crippen LogP contribution is 2.32. The third-order valence-electron chi connectivity index (χ3n) is 6.56. The lowest BCUT2D eigenvalue weighted by Crippen LogP contribution is -2.44. The molecule has 5 rings (SSSR count). The average molecular weight is 550 g/mol. The molecule has 0 radical (unpaired) electrons. The van der Waals surface area contributed by atoms with Crippen LogP contribution in [0.2, 0.25) is 0 Å². The number of ether oxygens (including phenoxy) is 1. The standard InChI is InChI=1S/C25H26F3N5O4S/c26-17-1-2-21(12-17)36-24-22(13-30-33(25(24)34)20-10-18(27)9-19(28)11-20)31-5-7-32(8-6-31)38-15-16-3-4-29-14-23(16)37-35/h3-4,9-11,13-14,17,21,35H,1-2,5-8,12,15H2. The molecule has 38 heavy (non-hydrogen) atoms. The van der Waals surface area contributed by atoms with Gasteiger partial charge in [-0.1, -0.05) is 11.9 Å². The van der Waals surface area contributed by atoms with Gasteiger partial charge in [0.2, 0.25) is 5.75 Å². The van der Waals surface area contributed by atoms with Crippen molar-refractivity contribution in [2.75, 3.05) is 31.1 Å². The van der Waals surface area contributed by atoms with Gasteiger partial charge in [-0.05, 0) is 31.0 Å². The number of anilines is 1. The van der Waals surface area contributed by atoms with Crippen LogP contribution >= 0.6 is 11.9 Å². The third kappa shape index (κ3) is 5.89. The van der Waals surface area contributed by atoms with E-state index in [-0.39, 0.29) is 17.9 Å². The molecule has 1 N–H and O–H groups in total. The second-order valence-corrected chi connectivity index (χ2v) is 10.2. The van der Waals surface area contributed by atoms with Crippen molar-refractivity contribution >= 4 is 17.6 Å². The summed E-state index contributed by atoms with van der Waals surface area (Å²) in [7, 11) is 0. The maximum Gasteiger partial charge on any atom is 0.316 e. The fraction of sp³-hybridized carbons (Fsp3) is 0.400. The van der Waals surface area contributed by atoms with E-state index in [0.29, 0.717) is 62.3 Å². The molecule has 9 nitrogen and oxygen atoms in total. The van der Waals surface area contributed by atoms with Crippen molar-refractivity contribution in [3.8, 4) is 17.2 Å². The number of pyridine rings is 1. The lowest BCUT2D eigenvalue weighted by Gasteiger charge is -2.36. The summed E-state index contributed by atoms with van der Waals surface area (Å²) in [4.78, 5) is 23.7. The summed E-state index contributed by atoms with van der Waals surface area (Å²) < 4.78 is 50.6. The van der Waals surface area contributed by atoms with Gasteiger partial charge in [0, 0.05) is 56.2 Å². The first-order valence-corrected chi connectivity index (χ1v) is 13.1. The zero-order valence-electron chi connectivity index (χ0n) is 20.3. The Hall–Kier alpha value is -3.29. The van der Waals surface area contributed by atoms with Gasteiger partial charge in [-0.2, -0.15) is 9.78 Å². The van der Waals surface area contributed by atoms with Crippen molar-refractivity contribution in [3.63, 3.8) is 0 Å². The summed E-state index contributed by atoms with van der Waals surface area (Å²) >= 11 is 1.58. The van der Waals surface area contributed by atoms with Gasteiger partial charge in [0.1, 0.15) is 29.6 Å². The van der Waals surface area contributed by atoms with Crippen molar-refractivity contribution in [3.05, 3.63) is 70.4 Å². The number of hydrogen-bond donors (Lipinski definition) is 1. The van der Waals surface area contributed by atoms with Crippen LogP contribution in [-0.2, 0) is 5.75 Å². The predicted octanol–water partition coefficient (Wildman–Crippen LogP) is 4.00. The van der Waals surface area contributed by atoms with E-state index >= 15 is 0 Å². The van der Waals surface area contributed by atoms with E-state index in [2.05, 4.69) is 19.3 Å². The Morgan fingerprint density at radius 1 is 1.08 bits per heavy atom. The maximum atomic E-state index is 13.8. The van der Waals surface area contributed by atoms with Gasteiger partial charge in [0.25, 0.3) is 0 Å². The Balaban J connectivity index is 1.35. The molecular weight excluding hydrogens is 523 g/mol. The summed E-state index contributed by atoms with van der Waals surface area (Å²) in [6.45, 7) is 2.41. The molecule has 202 valence electrons. The molecule has 2 aromatic heterocycles. The highest BCUT2D eigenvalue weighted by atomic mass is 32.2. The topological polar surface area (TPSA) is 93.0 Å². The van der Waals surface area contributed by atoms with E-state index in [1.54, 1.807) is 24.2 Å². The smallest absolute Gasteiger partial charge is 0.316 e. The van der Waals surface area contributed by atoms with Crippen LogP contribution in [0.3, 0.4) is 0 Å². The van der Waals surface area contributed by atoms with Gasteiger partial charge in [0.05, 0.1) is 18.1 Å². The normalized spacial score (nSPS) is 20.1. The molecule has 0 amide bonds. The number of aromatic nitrogens is 3. The molecule has 1 saturated carbocycles. The minimum Gasteiger partial charge on any atom is -0.483 e. The number of alkyl halides is 1. The average Bonchev–Trinajstić information content (AvgIpc) is 3.33. The van der Waals surface area contributed by atoms with Crippen molar-refractivity contribution in [1.82, 2.24) is 19.1 Å². The number of nitrogens with zero attached hydrogens (tertiary/aromatic N) is 5. The van der Waals surface area contributed by atoms with Gasteiger partial charge in [-0.25, -0.2) is 22.7 Å². The van der Waals surface area contributed by atoms with E-state index in [0.717, 1.165) is 22.4 Å². The Kier molecular flexibility index (Phi) is 8.05. The molecule has 0 spiro atoms. The molecule has 2 aliphatic rings.